The first kappa shape index (κ1) is 49.9. The van der Waals surface area contributed by atoms with Gasteiger partial charge in [0.15, 0.2) is 6.29 Å². The van der Waals surface area contributed by atoms with Crippen molar-refractivity contribution in [2.75, 3.05) is 13.2 Å². The van der Waals surface area contributed by atoms with Gasteiger partial charge in [0, 0.05) is 6.42 Å². The van der Waals surface area contributed by atoms with E-state index in [0.717, 1.165) is 38.5 Å². The monoisotopic (exact) mass is 780 g/mol. The molecule has 1 amide bonds. The molecular weight excluding hydrogens is 703 g/mol. The molecule has 12 nitrogen and oxygen atoms in total. The maximum atomic E-state index is 13.0. The molecule has 6 N–H and O–H groups in total. The molecule has 0 aromatic carbocycles. The Morgan fingerprint density at radius 3 is 1.64 bits per heavy atom. The highest BCUT2D eigenvalue weighted by Crippen LogP contribution is 2.26. The van der Waals surface area contributed by atoms with Gasteiger partial charge < -0.3 is 35.2 Å². The molecule has 0 spiro atoms. The average Bonchev–Trinajstić information content (AvgIpc) is 3.12. The average molecular weight is 780 g/mol. The van der Waals surface area contributed by atoms with Crippen molar-refractivity contribution < 1.29 is 51.8 Å². The number of unbranched alkanes of at least 4 members (excludes halogenated alkanes) is 23. The van der Waals surface area contributed by atoms with Gasteiger partial charge in [-0.3, -0.25) is 9.35 Å². The van der Waals surface area contributed by atoms with Gasteiger partial charge >= 0.3 is 10.4 Å². The quantitative estimate of drug-likeness (QED) is 0.0216. The lowest BCUT2D eigenvalue weighted by Gasteiger charge is -2.41. The molecular formula is C40H77NO11S. The maximum Gasteiger partial charge on any atom is 0.397 e. The number of ether oxygens (including phenoxy) is 2. The normalized spacial score (nSPS) is 22.0. The smallest absolute Gasteiger partial charge is 0.394 e. The van der Waals surface area contributed by atoms with Crippen LogP contribution in [0.2, 0.25) is 0 Å². The van der Waals surface area contributed by atoms with Crippen LogP contribution in [0.5, 0.6) is 0 Å². The largest absolute Gasteiger partial charge is 0.397 e. The Kier molecular flexibility index (Phi) is 30.1. The van der Waals surface area contributed by atoms with Crippen molar-refractivity contribution in [3.8, 4) is 0 Å². The van der Waals surface area contributed by atoms with Crippen molar-refractivity contribution in [1.29, 1.82) is 0 Å². The molecule has 314 valence electrons. The summed E-state index contributed by atoms with van der Waals surface area (Å²) in [6.07, 6.45) is 23.9. The number of hydrogen-bond donors (Lipinski definition) is 6. The van der Waals surface area contributed by atoms with Crippen LogP contribution in [0.4, 0.5) is 0 Å². The fourth-order valence-electron chi connectivity index (χ4n) is 6.75. The lowest BCUT2D eigenvalue weighted by atomic mass is 9.99. The molecule has 0 bridgehead atoms. The minimum absolute atomic E-state index is 0.263. The SMILES string of the molecule is CCCCCCCCCCCCCC=C[C@@H](O)[C@H](CO[C@@H]1O[C@H](CO)[C@H](O)C(OS(=O)(=O)O)C1O)NC(=O)CCCCCCCCCCCCCCC. The first-order valence-electron chi connectivity index (χ1n) is 21.1. The van der Waals surface area contributed by atoms with Crippen LogP contribution in [-0.2, 0) is 28.9 Å². The summed E-state index contributed by atoms with van der Waals surface area (Å²) in [5.41, 5.74) is 0. The van der Waals surface area contributed by atoms with Crippen molar-refractivity contribution in [3.05, 3.63) is 12.2 Å². The van der Waals surface area contributed by atoms with Crippen molar-refractivity contribution >= 4 is 16.3 Å². The molecule has 53 heavy (non-hydrogen) atoms. The number of aliphatic hydroxyl groups is 4. The fraction of sp³-hybridized carbons (Fsp3) is 0.925. The van der Waals surface area contributed by atoms with Crippen LogP contribution < -0.4 is 5.32 Å². The zero-order chi connectivity index (χ0) is 39.2. The zero-order valence-electron chi connectivity index (χ0n) is 33.1. The summed E-state index contributed by atoms with van der Waals surface area (Å²) in [5.74, 6) is -0.263. The Morgan fingerprint density at radius 2 is 1.19 bits per heavy atom. The van der Waals surface area contributed by atoms with Crippen molar-refractivity contribution in [3.63, 3.8) is 0 Å². The van der Waals surface area contributed by atoms with E-state index in [1.54, 1.807) is 6.08 Å². The van der Waals surface area contributed by atoms with E-state index < -0.39 is 59.9 Å². The summed E-state index contributed by atoms with van der Waals surface area (Å²) in [7, 11) is -5.08. The minimum atomic E-state index is -5.08. The highest BCUT2D eigenvalue weighted by molar-refractivity contribution is 7.80. The van der Waals surface area contributed by atoms with Crippen LogP contribution in [0, 0.1) is 0 Å². The van der Waals surface area contributed by atoms with Crippen molar-refractivity contribution in [2.45, 2.75) is 224 Å². The summed E-state index contributed by atoms with van der Waals surface area (Å²) in [4.78, 5) is 13.0. The van der Waals surface area contributed by atoms with Crippen molar-refractivity contribution in [1.82, 2.24) is 5.32 Å². The Morgan fingerprint density at radius 1 is 0.736 bits per heavy atom. The predicted molar refractivity (Wildman–Crippen MR) is 209 cm³/mol. The summed E-state index contributed by atoms with van der Waals surface area (Å²) in [6, 6.07) is -0.936. The third-order valence-corrected chi connectivity index (χ3v) is 10.5. The standard InChI is InChI=1S/C40H77NO11S/c1-3-5-7-9-11-13-15-17-19-21-23-25-27-29-34(43)33(32-50-40-38(46)39(52-53(47,48)49)37(45)35(31-42)51-40)41-36(44)30-28-26-24-22-20-18-16-14-12-10-8-6-4-2/h27,29,33-35,37-40,42-43,45-46H,3-26,28,30-32H2,1-2H3,(H,41,44)(H,47,48,49)/t33-,34+,35+,37-,38?,39?,40+/m0/s1. The van der Waals surface area contributed by atoms with E-state index in [9.17, 15) is 33.6 Å². The molecule has 0 aromatic rings. The molecule has 0 aliphatic carbocycles. The molecule has 1 rings (SSSR count). The van der Waals surface area contributed by atoms with Gasteiger partial charge in [-0.2, -0.15) is 8.42 Å². The van der Waals surface area contributed by atoms with Crippen LogP contribution in [0.1, 0.15) is 181 Å². The molecule has 1 heterocycles. The van der Waals surface area contributed by atoms with E-state index in [1.165, 1.54) is 116 Å². The van der Waals surface area contributed by atoms with Crippen LogP contribution in [0.15, 0.2) is 12.2 Å². The topological polar surface area (TPSA) is 192 Å². The third kappa shape index (κ3) is 25.6. The highest BCUT2D eigenvalue weighted by Gasteiger charge is 2.48. The molecule has 0 radical (unpaired) electrons. The highest BCUT2D eigenvalue weighted by atomic mass is 32.3. The Bertz CT molecular complexity index is 1010. The lowest BCUT2D eigenvalue weighted by molar-refractivity contribution is -0.298. The molecule has 0 saturated carbocycles. The Hall–Kier alpha value is -1.16. The van der Waals surface area contributed by atoms with Gasteiger partial charge in [0.25, 0.3) is 0 Å². The number of carbonyl (C=O) groups is 1. The number of amides is 1. The minimum Gasteiger partial charge on any atom is -0.394 e. The number of hydrogen-bond acceptors (Lipinski definition) is 10. The number of carbonyl (C=O) groups excluding carboxylic acids is 1. The second-order valence-electron chi connectivity index (χ2n) is 14.9. The second kappa shape index (κ2) is 32.0. The molecule has 13 heteroatoms. The molecule has 7 atom stereocenters. The first-order valence-corrected chi connectivity index (χ1v) is 22.4. The van der Waals surface area contributed by atoms with Gasteiger partial charge in [-0.25, -0.2) is 4.18 Å². The number of rotatable bonds is 35. The van der Waals surface area contributed by atoms with Crippen LogP contribution >= 0.6 is 0 Å². The van der Waals surface area contributed by atoms with E-state index in [4.69, 9.17) is 14.0 Å². The zero-order valence-corrected chi connectivity index (χ0v) is 33.9. The summed E-state index contributed by atoms with van der Waals surface area (Å²) in [5, 5.41) is 44.5. The molecule has 1 aliphatic rings. The van der Waals surface area contributed by atoms with Gasteiger partial charge in [-0.15, -0.1) is 0 Å². The summed E-state index contributed by atoms with van der Waals surface area (Å²) in [6.45, 7) is 3.36. The van der Waals surface area contributed by atoms with Crippen LogP contribution in [-0.4, -0.2) is 95.4 Å². The maximum absolute atomic E-state index is 13.0. The summed E-state index contributed by atoms with van der Waals surface area (Å²) >= 11 is 0. The predicted octanol–water partition coefficient (Wildman–Crippen LogP) is 7.21. The van der Waals surface area contributed by atoms with Gasteiger partial charge in [-0.05, 0) is 19.3 Å². The second-order valence-corrected chi connectivity index (χ2v) is 16.0. The van der Waals surface area contributed by atoms with Gasteiger partial charge in [0.05, 0.1) is 25.4 Å². The fourth-order valence-corrected chi connectivity index (χ4v) is 7.26. The van der Waals surface area contributed by atoms with E-state index in [-0.39, 0.29) is 18.9 Å². The van der Waals surface area contributed by atoms with E-state index in [0.29, 0.717) is 6.42 Å². The van der Waals surface area contributed by atoms with E-state index in [1.807, 2.05) is 6.08 Å². The first-order chi connectivity index (χ1) is 25.5. The van der Waals surface area contributed by atoms with Crippen LogP contribution in [0.25, 0.3) is 0 Å². The Balaban J connectivity index is 2.59. The number of allylic oxidation sites excluding steroid dienone is 1. The van der Waals surface area contributed by atoms with Gasteiger partial charge in [0.1, 0.15) is 24.4 Å². The molecule has 1 aliphatic heterocycles. The molecule has 1 fully saturated rings. The van der Waals surface area contributed by atoms with E-state index in [2.05, 4.69) is 23.3 Å². The molecule has 0 aromatic heterocycles. The molecule has 1 saturated heterocycles. The van der Waals surface area contributed by atoms with Gasteiger partial charge in [-0.1, -0.05) is 167 Å². The third-order valence-electron chi connectivity index (χ3n) is 10.1. The van der Waals surface area contributed by atoms with Crippen molar-refractivity contribution in [2.24, 2.45) is 0 Å². The molecule has 2 unspecified atom stereocenters. The van der Waals surface area contributed by atoms with Crippen LogP contribution in [0.3, 0.4) is 0 Å². The number of nitrogens with one attached hydrogen (secondary N) is 1. The Labute approximate surface area is 321 Å². The number of aliphatic hydroxyl groups excluding tert-OH is 4. The van der Waals surface area contributed by atoms with E-state index >= 15 is 0 Å². The van der Waals surface area contributed by atoms with Gasteiger partial charge in [0.2, 0.25) is 5.91 Å². The lowest BCUT2D eigenvalue weighted by Crippen LogP contribution is -2.61. The summed E-state index contributed by atoms with van der Waals surface area (Å²) < 4.78 is 47.4.